The summed E-state index contributed by atoms with van der Waals surface area (Å²) in [6, 6.07) is 14.5. The Labute approximate surface area is 129 Å². The number of fused-ring (bicyclic) bond motifs is 1. The van der Waals surface area contributed by atoms with Crippen molar-refractivity contribution in [3.8, 4) is 11.5 Å². The molecule has 0 saturated carbocycles. The zero-order valence-electron chi connectivity index (χ0n) is 12.3. The molecule has 1 atom stereocenters. The second-order valence-electron chi connectivity index (χ2n) is 5.03. The Balaban J connectivity index is 1.71. The van der Waals surface area contributed by atoms with Crippen molar-refractivity contribution in [3.05, 3.63) is 48.0 Å². The lowest BCUT2D eigenvalue weighted by Crippen LogP contribution is -2.12. The van der Waals surface area contributed by atoms with Crippen LogP contribution in [-0.4, -0.2) is 26.5 Å². The van der Waals surface area contributed by atoms with E-state index in [1.54, 1.807) is 14.2 Å². The molecule has 1 heterocycles. The highest BCUT2D eigenvalue weighted by Gasteiger charge is 2.22. The molecule has 110 valence electrons. The quantitative estimate of drug-likeness (QED) is 0.904. The number of hydrogen-bond donors (Lipinski definition) is 1. The summed E-state index contributed by atoms with van der Waals surface area (Å²) in [6.45, 7) is 0.917. The lowest BCUT2D eigenvalue weighted by Gasteiger charge is -2.15. The standard InChI is InChI=1S/C17H19NO2S/c1-19-14-7-13(8-15(9-14)20-2)18-10-12-11-21-17-6-4-3-5-16(12)17/h3-9,12,18H,10-11H2,1-2H3. The number of rotatable bonds is 5. The molecular formula is C17H19NO2S. The van der Waals surface area contributed by atoms with Crippen molar-refractivity contribution in [2.45, 2.75) is 10.8 Å². The zero-order chi connectivity index (χ0) is 14.7. The van der Waals surface area contributed by atoms with Gasteiger partial charge in [0, 0.05) is 47.0 Å². The predicted octanol–water partition coefficient (Wildman–Crippen LogP) is 4.01. The molecule has 2 aromatic carbocycles. The van der Waals surface area contributed by atoms with Gasteiger partial charge in [-0.2, -0.15) is 0 Å². The third-order valence-corrected chi connectivity index (χ3v) is 4.95. The van der Waals surface area contributed by atoms with Crippen molar-refractivity contribution in [2.75, 3.05) is 31.8 Å². The van der Waals surface area contributed by atoms with Gasteiger partial charge < -0.3 is 14.8 Å². The van der Waals surface area contributed by atoms with Gasteiger partial charge in [-0.25, -0.2) is 0 Å². The van der Waals surface area contributed by atoms with Gasteiger partial charge in [0.2, 0.25) is 0 Å². The second kappa shape index (κ2) is 6.31. The second-order valence-corrected chi connectivity index (χ2v) is 6.09. The fraction of sp³-hybridized carbons (Fsp3) is 0.294. The molecule has 1 N–H and O–H groups in total. The predicted molar refractivity (Wildman–Crippen MR) is 87.9 cm³/mol. The van der Waals surface area contributed by atoms with E-state index in [2.05, 4.69) is 29.6 Å². The Hall–Kier alpha value is -1.81. The molecule has 3 rings (SSSR count). The Morgan fingerprint density at radius 2 is 1.81 bits per heavy atom. The lowest BCUT2D eigenvalue weighted by molar-refractivity contribution is 0.394. The van der Waals surface area contributed by atoms with Crippen molar-refractivity contribution in [2.24, 2.45) is 0 Å². The maximum absolute atomic E-state index is 5.30. The first-order chi connectivity index (χ1) is 10.3. The highest BCUT2D eigenvalue weighted by molar-refractivity contribution is 7.99. The normalized spacial score (nSPS) is 16.4. The number of ether oxygens (including phenoxy) is 2. The van der Waals surface area contributed by atoms with Gasteiger partial charge in [-0.3, -0.25) is 0 Å². The Kier molecular flexibility index (Phi) is 4.25. The van der Waals surface area contributed by atoms with E-state index in [9.17, 15) is 0 Å². The van der Waals surface area contributed by atoms with Gasteiger partial charge in [0.1, 0.15) is 11.5 Å². The topological polar surface area (TPSA) is 30.5 Å². The minimum atomic E-state index is 0.545. The van der Waals surface area contributed by atoms with Crippen LogP contribution in [0.5, 0.6) is 11.5 Å². The maximum Gasteiger partial charge on any atom is 0.124 e. The molecule has 1 aliphatic rings. The fourth-order valence-electron chi connectivity index (χ4n) is 2.55. The summed E-state index contributed by atoms with van der Waals surface area (Å²) in [4.78, 5) is 1.41. The van der Waals surface area contributed by atoms with Crippen LogP contribution in [0.25, 0.3) is 0 Å². The van der Waals surface area contributed by atoms with E-state index in [4.69, 9.17) is 9.47 Å². The molecule has 0 bridgehead atoms. The van der Waals surface area contributed by atoms with Crippen LogP contribution in [0.1, 0.15) is 11.5 Å². The Morgan fingerprint density at radius 1 is 1.10 bits per heavy atom. The van der Waals surface area contributed by atoms with E-state index in [1.165, 1.54) is 10.5 Å². The highest BCUT2D eigenvalue weighted by Crippen LogP contribution is 2.39. The van der Waals surface area contributed by atoms with Crippen molar-refractivity contribution in [3.63, 3.8) is 0 Å². The molecule has 0 aliphatic carbocycles. The molecule has 1 unspecified atom stereocenters. The third-order valence-electron chi connectivity index (χ3n) is 3.70. The van der Waals surface area contributed by atoms with E-state index in [-0.39, 0.29) is 0 Å². The van der Waals surface area contributed by atoms with Crippen LogP contribution in [0.2, 0.25) is 0 Å². The van der Waals surface area contributed by atoms with E-state index in [1.807, 2.05) is 30.0 Å². The van der Waals surface area contributed by atoms with Gasteiger partial charge in [0.25, 0.3) is 0 Å². The van der Waals surface area contributed by atoms with Crippen LogP contribution in [0.4, 0.5) is 5.69 Å². The summed E-state index contributed by atoms with van der Waals surface area (Å²) in [5, 5.41) is 3.50. The van der Waals surface area contributed by atoms with Crippen molar-refractivity contribution in [1.29, 1.82) is 0 Å². The summed E-state index contributed by atoms with van der Waals surface area (Å²) in [5.41, 5.74) is 2.48. The Morgan fingerprint density at radius 3 is 2.52 bits per heavy atom. The summed E-state index contributed by atoms with van der Waals surface area (Å²) >= 11 is 1.94. The molecule has 0 aromatic heterocycles. The molecule has 2 aromatic rings. The monoisotopic (exact) mass is 301 g/mol. The van der Waals surface area contributed by atoms with Crippen LogP contribution in [0, 0.1) is 0 Å². The first kappa shape index (κ1) is 14.1. The van der Waals surface area contributed by atoms with E-state index >= 15 is 0 Å². The van der Waals surface area contributed by atoms with Gasteiger partial charge in [-0.15, -0.1) is 11.8 Å². The van der Waals surface area contributed by atoms with Crippen molar-refractivity contribution >= 4 is 17.4 Å². The molecule has 4 heteroatoms. The number of hydrogen-bond acceptors (Lipinski definition) is 4. The van der Waals surface area contributed by atoms with Crippen molar-refractivity contribution in [1.82, 2.24) is 0 Å². The van der Waals surface area contributed by atoms with Gasteiger partial charge in [0.15, 0.2) is 0 Å². The minimum absolute atomic E-state index is 0.545. The molecule has 0 fully saturated rings. The largest absolute Gasteiger partial charge is 0.497 e. The maximum atomic E-state index is 5.30. The van der Waals surface area contributed by atoms with Crippen LogP contribution >= 0.6 is 11.8 Å². The van der Waals surface area contributed by atoms with Gasteiger partial charge >= 0.3 is 0 Å². The molecule has 3 nitrogen and oxygen atoms in total. The SMILES string of the molecule is COc1cc(NCC2CSc3ccccc32)cc(OC)c1. The van der Waals surface area contributed by atoms with Crippen LogP contribution < -0.4 is 14.8 Å². The van der Waals surface area contributed by atoms with Crippen LogP contribution in [0.15, 0.2) is 47.4 Å². The van der Waals surface area contributed by atoms with E-state index in [0.29, 0.717) is 5.92 Å². The lowest BCUT2D eigenvalue weighted by atomic mass is 10.0. The zero-order valence-corrected chi connectivity index (χ0v) is 13.1. The van der Waals surface area contributed by atoms with E-state index in [0.717, 1.165) is 29.5 Å². The molecule has 0 radical (unpaired) electrons. The number of thioether (sulfide) groups is 1. The number of methoxy groups -OCH3 is 2. The number of nitrogens with one attached hydrogen (secondary N) is 1. The van der Waals surface area contributed by atoms with Gasteiger partial charge in [0.05, 0.1) is 14.2 Å². The molecule has 21 heavy (non-hydrogen) atoms. The third kappa shape index (κ3) is 3.10. The van der Waals surface area contributed by atoms with Crippen LogP contribution in [0.3, 0.4) is 0 Å². The molecule has 1 aliphatic heterocycles. The first-order valence-corrected chi connectivity index (χ1v) is 7.97. The molecule has 0 spiro atoms. The average Bonchev–Trinajstić information content (AvgIpc) is 2.95. The molecule has 0 amide bonds. The molecule has 0 saturated heterocycles. The highest BCUT2D eigenvalue weighted by atomic mass is 32.2. The smallest absolute Gasteiger partial charge is 0.124 e. The first-order valence-electron chi connectivity index (χ1n) is 6.99. The summed E-state index contributed by atoms with van der Waals surface area (Å²) < 4.78 is 10.6. The average molecular weight is 301 g/mol. The van der Waals surface area contributed by atoms with Gasteiger partial charge in [-0.05, 0) is 11.6 Å². The number of anilines is 1. The summed E-state index contributed by atoms with van der Waals surface area (Å²) in [5.74, 6) is 3.28. The van der Waals surface area contributed by atoms with E-state index < -0.39 is 0 Å². The summed E-state index contributed by atoms with van der Waals surface area (Å²) in [6.07, 6.45) is 0. The fourth-order valence-corrected chi connectivity index (χ4v) is 3.80. The van der Waals surface area contributed by atoms with Crippen LogP contribution in [-0.2, 0) is 0 Å². The number of benzene rings is 2. The molecular weight excluding hydrogens is 282 g/mol. The van der Waals surface area contributed by atoms with Crippen molar-refractivity contribution < 1.29 is 9.47 Å². The Bertz CT molecular complexity index is 608. The minimum Gasteiger partial charge on any atom is -0.497 e. The summed E-state index contributed by atoms with van der Waals surface area (Å²) in [7, 11) is 3.34. The van der Waals surface area contributed by atoms with Gasteiger partial charge in [-0.1, -0.05) is 18.2 Å².